The molecule has 1 rings (SSSR count). The van der Waals surface area contributed by atoms with Crippen molar-refractivity contribution in [2.24, 2.45) is 0 Å². The Kier molecular flexibility index (Phi) is 4.26. The summed E-state index contributed by atoms with van der Waals surface area (Å²) in [6, 6.07) is 1.70. The van der Waals surface area contributed by atoms with Gasteiger partial charge in [-0.05, 0) is 18.2 Å². The van der Waals surface area contributed by atoms with Crippen molar-refractivity contribution in [1.29, 1.82) is 0 Å². The van der Waals surface area contributed by atoms with E-state index in [0.717, 1.165) is 4.90 Å². The zero-order chi connectivity index (χ0) is 11.3. The number of hydrogen-bond donors (Lipinski definition) is 1. The molecule has 0 saturated heterocycles. The lowest BCUT2D eigenvalue weighted by Crippen LogP contribution is -2.06. The molecule has 0 saturated carbocycles. The van der Waals surface area contributed by atoms with Crippen LogP contribution < -0.4 is 5.73 Å². The van der Waals surface area contributed by atoms with Gasteiger partial charge in [-0.15, -0.1) is 11.8 Å². The van der Waals surface area contributed by atoms with Gasteiger partial charge in [0.05, 0.1) is 11.9 Å². The highest BCUT2D eigenvalue weighted by Crippen LogP contribution is 2.27. The largest absolute Gasteiger partial charge is 0.397 e. The summed E-state index contributed by atoms with van der Waals surface area (Å²) < 4.78 is 35.5. The maximum absolute atomic E-state index is 11.8. The van der Waals surface area contributed by atoms with E-state index in [4.69, 9.17) is 5.73 Å². The third kappa shape index (κ3) is 4.92. The number of aromatic nitrogens is 1. The number of nitrogens with zero attached hydrogens (tertiary/aromatic N) is 1. The van der Waals surface area contributed by atoms with Gasteiger partial charge in [0.2, 0.25) is 0 Å². The Morgan fingerprint density at radius 3 is 2.73 bits per heavy atom. The van der Waals surface area contributed by atoms with Gasteiger partial charge in [0.25, 0.3) is 0 Å². The first-order valence-corrected chi connectivity index (χ1v) is 5.36. The fourth-order valence-corrected chi connectivity index (χ4v) is 1.87. The fraction of sp³-hybridized carbons (Fsp3) is 0.444. The van der Waals surface area contributed by atoms with Crippen LogP contribution in [-0.4, -0.2) is 16.9 Å². The van der Waals surface area contributed by atoms with E-state index >= 15 is 0 Å². The Morgan fingerprint density at radius 1 is 1.40 bits per heavy atom. The zero-order valence-corrected chi connectivity index (χ0v) is 8.74. The lowest BCUT2D eigenvalue weighted by Gasteiger charge is -2.06. The van der Waals surface area contributed by atoms with Crippen molar-refractivity contribution in [2.75, 3.05) is 11.5 Å². The number of rotatable bonds is 4. The van der Waals surface area contributed by atoms with Crippen molar-refractivity contribution in [2.45, 2.75) is 23.9 Å². The Morgan fingerprint density at radius 2 is 2.13 bits per heavy atom. The van der Waals surface area contributed by atoms with Crippen LogP contribution in [-0.2, 0) is 0 Å². The van der Waals surface area contributed by atoms with Crippen LogP contribution in [0.1, 0.15) is 12.8 Å². The normalized spacial score (nSPS) is 11.7. The number of thioether (sulfide) groups is 1. The van der Waals surface area contributed by atoms with Gasteiger partial charge in [-0.1, -0.05) is 0 Å². The predicted molar refractivity (Wildman–Crippen MR) is 54.7 cm³/mol. The molecule has 0 aliphatic carbocycles. The summed E-state index contributed by atoms with van der Waals surface area (Å²) >= 11 is 1.32. The third-order valence-corrected chi connectivity index (χ3v) is 2.85. The van der Waals surface area contributed by atoms with E-state index < -0.39 is 12.6 Å². The number of anilines is 1. The first-order chi connectivity index (χ1) is 6.99. The molecule has 0 aromatic carbocycles. The Balaban J connectivity index is 2.30. The quantitative estimate of drug-likeness (QED) is 0.645. The molecule has 1 aromatic rings. The molecule has 0 radical (unpaired) electrons. The lowest BCUT2D eigenvalue weighted by molar-refractivity contribution is -0.134. The molecule has 0 atom stereocenters. The number of hydrogen-bond acceptors (Lipinski definition) is 3. The van der Waals surface area contributed by atoms with Crippen molar-refractivity contribution in [3.8, 4) is 0 Å². The van der Waals surface area contributed by atoms with Gasteiger partial charge < -0.3 is 5.73 Å². The standard InChI is InChI=1S/C9H11F3N2S/c10-9(11,12)3-1-5-15-8-2-4-14-6-7(8)13/h2,4,6H,1,3,5,13H2. The summed E-state index contributed by atoms with van der Waals surface area (Å²) in [7, 11) is 0. The Labute approximate surface area is 90.1 Å². The molecule has 0 spiro atoms. The predicted octanol–water partition coefficient (Wildman–Crippen LogP) is 3.10. The van der Waals surface area contributed by atoms with E-state index in [-0.39, 0.29) is 6.42 Å². The van der Waals surface area contributed by atoms with Crippen molar-refractivity contribution in [3.05, 3.63) is 18.5 Å². The Bertz CT molecular complexity index is 314. The summed E-state index contributed by atoms with van der Waals surface area (Å²) in [6.07, 6.45) is -1.64. The number of halogens is 3. The van der Waals surface area contributed by atoms with E-state index in [1.807, 2.05) is 0 Å². The molecule has 84 valence electrons. The van der Waals surface area contributed by atoms with Crippen molar-refractivity contribution in [3.63, 3.8) is 0 Å². The van der Waals surface area contributed by atoms with Crippen molar-refractivity contribution >= 4 is 17.4 Å². The highest BCUT2D eigenvalue weighted by atomic mass is 32.2. The molecule has 0 amide bonds. The van der Waals surface area contributed by atoms with Gasteiger partial charge >= 0.3 is 6.18 Å². The van der Waals surface area contributed by atoms with Crippen molar-refractivity contribution < 1.29 is 13.2 Å². The number of nitrogen functional groups attached to an aromatic ring is 1. The van der Waals surface area contributed by atoms with Gasteiger partial charge in [0, 0.05) is 17.5 Å². The zero-order valence-electron chi connectivity index (χ0n) is 7.92. The van der Waals surface area contributed by atoms with Crippen LogP contribution in [0.4, 0.5) is 18.9 Å². The molecule has 2 N–H and O–H groups in total. The highest BCUT2D eigenvalue weighted by molar-refractivity contribution is 7.99. The van der Waals surface area contributed by atoms with E-state index in [1.54, 1.807) is 12.3 Å². The minimum atomic E-state index is -4.07. The SMILES string of the molecule is Nc1cnccc1SCCCC(F)(F)F. The van der Waals surface area contributed by atoms with Gasteiger partial charge in [-0.3, -0.25) is 4.98 Å². The summed E-state index contributed by atoms with van der Waals surface area (Å²) in [5.41, 5.74) is 6.09. The maximum atomic E-state index is 11.8. The molecule has 0 bridgehead atoms. The molecule has 2 nitrogen and oxygen atoms in total. The number of alkyl halides is 3. The molecular weight excluding hydrogens is 225 g/mol. The first-order valence-electron chi connectivity index (χ1n) is 4.38. The summed E-state index contributed by atoms with van der Waals surface area (Å²) in [5, 5.41) is 0. The fourth-order valence-electron chi connectivity index (χ4n) is 0.980. The van der Waals surface area contributed by atoms with Gasteiger partial charge in [0.15, 0.2) is 0 Å². The van der Waals surface area contributed by atoms with E-state index in [9.17, 15) is 13.2 Å². The molecular formula is C9H11F3N2S. The maximum Gasteiger partial charge on any atom is 0.389 e. The average molecular weight is 236 g/mol. The molecule has 15 heavy (non-hydrogen) atoms. The summed E-state index contributed by atoms with van der Waals surface area (Å²) in [6.45, 7) is 0. The van der Waals surface area contributed by atoms with Crippen LogP contribution in [0.25, 0.3) is 0 Å². The smallest absolute Gasteiger partial charge is 0.389 e. The second-order valence-corrected chi connectivity index (χ2v) is 4.12. The van der Waals surface area contributed by atoms with Gasteiger partial charge in [0.1, 0.15) is 0 Å². The number of pyridine rings is 1. The summed E-state index contributed by atoms with van der Waals surface area (Å²) in [4.78, 5) is 4.58. The van der Waals surface area contributed by atoms with E-state index in [1.165, 1.54) is 18.0 Å². The first kappa shape index (κ1) is 12.2. The highest BCUT2D eigenvalue weighted by Gasteiger charge is 2.25. The Hall–Kier alpha value is -0.910. The lowest BCUT2D eigenvalue weighted by atomic mass is 10.3. The van der Waals surface area contributed by atoms with E-state index in [0.29, 0.717) is 11.4 Å². The third-order valence-electron chi connectivity index (χ3n) is 1.67. The minimum Gasteiger partial charge on any atom is -0.397 e. The second kappa shape index (κ2) is 5.25. The van der Waals surface area contributed by atoms with Crippen LogP contribution in [0.3, 0.4) is 0 Å². The number of nitrogens with two attached hydrogens (primary N) is 1. The van der Waals surface area contributed by atoms with Gasteiger partial charge in [-0.25, -0.2) is 0 Å². The molecule has 0 aliphatic heterocycles. The second-order valence-electron chi connectivity index (χ2n) is 2.98. The summed E-state index contributed by atoms with van der Waals surface area (Å²) in [5.74, 6) is 0.410. The van der Waals surface area contributed by atoms with Crippen LogP contribution in [0.5, 0.6) is 0 Å². The molecule has 1 heterocycles. The monoisotopic (exact) mass is 236 g/mol. The molecule has 1 aromatic heterocycles. The van der Waals surface area contributed by atoms with Crippen LogP contribution in [0.15, 0.2) is 23.4 Å². The molecule has 0 unspecified atom stereocenters. The topological polar surface area (TPSA) is 38.9 Å². The average Bonchev–Trinajstić information content (AvgIpc) is 2.13. The minimum absolute atomic E-state index is 0.107. The van der Waals surface area contributed by atoms with Gasteiger partial charge in [-0.2, -0.15) is 13.2 Å². The van der Waals surface area contributed by atoms with E-state index in [2.05, 4.69) is 4.98 Å². The van der Waals surface area contributed by atoms with Crippen LogP contribution in [0.2, 0.25) is 0 Å². The molecule has 6 heteroatoms. The molecule has 0 fully saturated rings. The van der Waals surface area contributed by atoms with Crippen molar-refractivity contribution in [1.82, 2.24) is 4.98 Å². The molecule has 0 aliphatic rings. The van der Waals surface area contributed by atoms with Crippen LogP contribution >= 0.6 is 11.8 Å². The van der Waals surface area contributed by atoms with Crippen LogP contribution in [0, 0.1) is 0 Å².